The zero-order valence-electron chi connectivity index (χ0n) is 14.5. The van der Waals surface area contributed by atoms with Crippen LogP contribution in [0.5, 0.6) is 0 Å². The molecule has 2 aromatic rings. The van der Waals surface area contributed by atoms with Gasteiger partial charge in [-0.1, -0.05) is 12.1 Å². The normalized spacial score (nSPS) is 16.3. The molecule has 26 heavy (non-hydrogen) atoms. The number of aryl methyl sites for hydroxylation is 1. The van der Waals surface area contributed by atoms with Crippen molar-refractivity contribution in [3.63, 3.8) is 0 Å². The minimum atomic E-state index is -0.443. The van der Waals surface area contributed by atoms with Crippen molar-refractivity contribution in [2.75, 3.05) is 18.5 Å². The van der Waals surface area contributed by atoms with E-state index in [9.17, 15) is 14.4 Å². The Morgan fingerprint density at radius 2 is 2.04 bits per heavy atom. The van der Waals surface area contributed by atoms with E-state index in [1.54, 1.807) is 37.4 Å². The number of carbonyl (C=O) groups is 2. The summed E-state index contributed by atoms with van der Waals surface area (Å²) in [6.45, 7) is 1.17. The van der Waals surface area contributed by atoms with E-state index in [0.29, 0.717) is 17.8 Å². The molecule has 2 heterocycles. The molecule has 1 aromatic carbocycles. The molecule has 1 saturated heterocycles. The first-order valence-corrected chi connectivity index (χ1v) is 8.51. The van der Waals surface area contributed by atoms with Gasteiger partial charge in [0.25, 0.3) is 17.4 Å². The molecule has 2 amide bonds. The molecule has 0 aliphatic carbocycles. The van der Waals surface area contributed by atoms with Gasteiger partial charge in [0.2, 0.25) is 0 Å². The summed E-state index contributed by atoms with van der Waals surface area (Å²) in [5.41, 5.74) is 0.716. The maximum absolute atomic E-state index is 12.5. The van der Waals surface area contributed by atoms with Gasteiger partial charge in [0.1, 0.15) is 0 Å². The largest absolute Gasteiger partial charge is 0.376 e. The molecule has 0 saturated carbocycles. The topological polar surface area (TPSA) is 89.4 Å². The van der Waals surface area contributed by atoms with Gasteiger partial charge < -0.3 is 19.9 Å². The van der Waals surface area contributed by atoms with E-state index in [4.69, 9.17) is 4.74 Å². The fourth-order valence-electron chi connectivity index (χ4n) is 2.78. The van der Waals surface area contributed by atoms with Crippen LogP contribution in [0.1, 0.15) is 33.6 Å². The molecule has 1 unspecified atom stereocenters. The Morgan fingerprint density at radius 1 is 1.23 bits per heavy atom. The van der Waals surface area contributed by atoms with E-state index in [-0.39, 0.29) is 23.1 Å². The number of anilines is 1. The number of para-hydroxylation sites is 1. The Bertz CT molecular complexity index is 869. The third-order valence-corrected chi connectivity index (χ3v) is 4.30. The van der Waals surface area contributed by atoms with Gasteiger partial charge in [-0.2, -0.15) is 0 Å². The van der Waals surface area contributed by atoms with Crippen LogP contribution in [0.25, 0.3) is 0 Å². The zero-order valence-corrected chi connectivity index (χ0v) is 14.5. The molecule has 1 aliphatic heterocycles. The maximum atomic E-state index is 12.5. The lowest BCUT2D eigenvalue weighted by atomic mass is 10.1. The van der Waals surface area contributed by atoms with Gasteiger partial charge in [0.05, 0.1) is 17.4 Å². The number of rotatable bonds is 5. The van der Waals surface area contributed by atoms with E-state index < -0.39 is 5.91 Å². The molecule has 1 aliphatic rings. The minimum Gasteiger partial charge on any atom is -0.376 e. The maximum Gasteiger partial charge on any atom is 0.255 e. The van der Waals surface area contributed by atoms with Gasteiger partial charge in [0, 0.05) is 38.0 Å². The highest BCUT2D eigenvalue weighted by Crippen LogP contribution is 2.17. The number of nitrogens with one attached hydrogen (secondary N) is 2. The number of amides is 2. The van der Waals surface area contributed by atoms with Crippen LogP contribution in [0.15, 0.2) is 47.4 Å². The number of hydrogen-bond donors (Lipinski definition) is 2. The standard InChI is InChI=1S/C19H21N3O4/c1-22-9-8-13(11-17(22)23)18(24)21-16-7-3-2-6-15(16)19(25)20-12-14-5-4-10-26-14/h2-3,6-9,11,14H,4-5,10,12H2,1H3,(H,20,25)(H,21,24). The Balaban J connectivity index is 1.71. The average molecular weight is 355 g/mol. The second-order valence-corrected chi connectivity index (χ2v) is 6.21. The number of ether oxygens (including phenoxy) is 1. The summed E-state index contributed by atoms with van der Waals surface area (Å²) in [4.78, 5) is 36.6. The van der Waals surface area contributed by atoms with Crippen molar-refractivity contribution < 1.29 is 14.3 Å². The number of aromatic nitrogens is 1. The van der Waals surface area contributed by atoms with Crippen LogP contribution in [-0.2, 0) is 11.8 Å². The SMILES string of the molecule is Cn1ccc(C(=O)Nc2ccccc2C(=O)NCC2CCCO2)cc1=O. The van der Waals surface area contributed by atoms with Gasteiger partial charge in [-0.25, -0.2) is 0 Å². The van der Waals surface area contributed by atoms with E-state index in [1.165, 1.54) is 16.8 Å². The highest BCUT2D eigenvalue weighted by atomic mass is 16.5. The smallest absolute Gasteiger partial charge is 0.255 e. The van der Waals surface area contributed by atoms with Crippen LogP contribution in [0.4, 0.5) is 5.69 Å². The van der Waals surface area contributed by atoms with Gasteiger partial charge in [-0.15, -0.1) is 0 Å². The molecule has 7 heteroatoms. The molecular formula is C19H21N3O4. The van der Waals surface area contributed by atoms with Crippen molar-refractivity contribution >= 4 is 17.5 Å². The summed E-state index contributed by atoms with van der Waals surface area (Å²) in [6, 6.07) is 9.57. The second-order valence-electron chi connectivity index (χ2n) is 6.21. The molecule has 0 bridgehead atoms. The summed E-state index contributed by atoms with van der Waals surface area (Å²) in [5, 5.41) is 5.55. The van der Waals surface area contributed by atoms with Crippen LogP contribution >= 0.6 is 0 Å². The summed E-state index contributed by atoms with van der Waals surface area (Å²) in [5.74, 6) is -0.720. The van der Waals surface area contributed by atoms with Gasteiger partial charge in [-0.3, -0.25) is 14.4 Å². The van der Waals surface area contributed by atoms with Crippen LogP contribution < -0.4 is 16.2 Å². The molecule has 2 N–H and O–H groups in total. The molecule has 1 fully saturated rings. The van der Waals surface area contributed by atoms with E-state index in [2.05, 4.69) is 10.6 Å². The third kappa shape index (κ3) is 4.18. The molecular weight excluding hydrogens is 334 g/mol. The fourth-order valence-corrected chi connectivity index (χ4v) is 2.78. The number of carbonyl (C=O) groups excluding carboxylic acids is 2. The van der Waals surface area contributed by atoms with E-state index in [1.807, 2.05) is 0 Å². The van der Waals surface area contributed by atoms with Crippen molar-refractivity contribution in [1.29, 1.82) is 0 Å². The molecule has 3 rings (SSSR count). The van der Waals surface area contributed by atoms with Crippen molar-refractivity contribution in [2.45, 2.75) is 18.9 Å². The Kier molecular flexibility index (Phi) is 5.48. The van der Waals surface area contributed by atoms with Gasteiger partial charge >= 0.3 is 0 Å². The zero-order chi connectivity index (χ0) is 18.5. The number of hydrogen-bond acceptors (Lipinski definition) is 4. The van der Waals surface area contributed by atoms with Crippen LogP contribution in [0.3, 0.4) is 0 Å². The molecule has 136 valence electrons. The molecule has 0 spiro atoms. The highest BCUT2D eigenvalue weighted by molar-refractivity contribution is 6.08. The van der Waals surface area contributed by atoms with Gasteiger partial charge in [0.15, 0.2) is 0 Å². The summed E-state index contributed by atoms with van der Waals surface area (Å²) in [6.07, 6.45) is 3.50. The lowest BCUT2D eigenvalue weighted by molar-refractivity contribution is 0.0858. The number of benzene rings is 1. The first-order chi connectivity index (χ1) is 12.5. The number of pyridine rings is 1. The van der Waals surface area contributed by atoms with Crippen LogP contribution in [0.2, 0.25) is 0 Å². The average Bonchev–Trinajstić information content (AvgIpc) is 3.16. The summed E-state index contributed by atoms with van der Waals surface area (Å²) >= 11 is 0. The van der Waals surface area contributed by atoms with E-state index >= 15 is 0 Å². The fraction of sp³-hybridized carbons (Fsp3) is 0.316. The van der Waals surface area contributed by atoms with Crippen molar-refractivity contribution in [2.24, 2.45) is 7.05 Å². The molecule has 1 aromatic heterocycles. The van der Waals surface area contributed by atoms with Crippen molar-refractivity contribution in [3.8, 4) is 0 Å². The predicted octanol–water partition coefficient (Wildman–Crippen LogP) is 1.55. The van der Waals surface area contributed by atoms with Crippen molar-refractivity contribution in [1.82, 2.24) is 9.88 Å². The molecule has 7 nitrogen and oxygen atoms in total. The summed E-state index contributed by atoms with van der Waals surface area (Å²) < 4.78 is 6.87. The lowest BCUT2D eigenvalue weighted by Crippen LogP contribution is -2.32. The highest BCUT2D eigenvalue weighted by Gasteiger charge is 2.18. The first-order valence-electron chi connectivity index (χ1n) is 8.51. The molecule has 1 atom stereocenters. The monoisotopic (exact) mass is 355 g/mol. The Hall–Kier alpha value is -2.93. The quantitative estimate of drug-likeness (QED) is 0.851. The summed E-state index contributed by atoms with van der Waals surface area (Å²) in [7, 11) is 1.61. The second kappa shape index (κ2) is 7.97. The molecule has 0 radical (unpaired) electrons. The number of nitrogens with zero attached hydrogens (tertiary/aromatic N) is 1. The van der Waals surface area contributed by atoms with Crippen LogP contribution in [-0.4, -0.2) is 35.6 Å². The predicted molar refractivity (Wildman–Crippen MR) is 97.4 cm³/mol. The Morgan fingerprint density at radius 3 is 2.77 bits per heavy atom. The van der Waals surface area contributed by atoms with E-state index in [0.717, 1.165) is 19.4 Å². The van der Waals surface area contributed by atoms with Crippen LogP contribution in [0, 0.1) is 0 Å². The minimum absolute atomic E-state index is 0.0428. The third-order valence-electron chi connectivity index (χ3n) is 4.30. The lowest BCUT2D eigenvalue weighted by Gasteiger charge is -2.14. The Labute approximate surface area is 151 Å². The first kappa shape index (κ1) is 17.9. The van der Waals surface area contributed by atoms with Gasteiger partial charge in [-0.05, 0) is 31.0 Å². The van der Waals surface area contributed by atoms with Crippen molar-refractivity contribution in [3.05, 3.63) is 64.1 Å².